The van der Waals surface area contributed by atoms with Gasteiger partial charge < -0.3 is 5.11 Å². The van der Waals surface area contributed by atoms with E-state index >= 15 is 0 Å². The SMILES string of the molecule is CC(C)(C)NS(=O)(=O)Nc1cc(C#CCCO)ccc1Cl. The quantitative estimate of drug-likeness (QED) is 0.740. The van der Waals surface area contributed by atoms with Crippen LogP contribution in [0.3, 0.4) is 0 Å². The number of hydrogen-bond donors (Lipinski definition) is 3. The average Bonchev–Trinajstić information content (AvgIpc) is 2.30. The highest BCUT2D eigenvalue weighted by atomic mass is 35.5. The van der Waals surface area contributed by atoms with Gasteiger partial charge in [-0.25, -0.2) is 0 Å². The third-order valence-corrected chi connectivity index (χ3v) is 3.82. The van der Waals surface area contributed by atoms with Gasteiger partial charge in [-0.05, 0) is 39.0 Å². The average molecular weight is 331 g/mol. The van der Waals surface area contributed by atoms with Crippen molar-refractivity contribution >= 4 is 27.5 Å². The summed E-state index contributed by atoms with van der Waals surface area (Å²) in [5.74, 6) is 5.59. The molecule has 7 heteroatoms. The molecule has 0 saturated carbocycles. The van der Waals surface area contributed by atoms with Gasteiger partial charge in [0.15, 0.2) is 0 Å². The molecule has 0 aliphatic carbocycles. The van der Waals surface area contributed by atoms with E-state index in [1.54, 1.807) is 39.0 Å². The van der Waals surface area contributed by atoms with E-state index in [9.17, 15) is 8.42 Å². The highest BCUT2D eigenvalue weighted by Crippen LogP contribution is 2.24. The molecule has 0 atom stereocenters. The number of hydrogen-bond acceptors (Lipinski definition) is 3. The van der Waals surface area contributed by atoms with Gasteiger partial charge in [0, 0.05) is 17.5 Å². The zero-order valence-corrected chi connectivity index (χ0v) is 13.8. The molecule has 0 radical (unpaired) electrons. The Labute approximate surface area is 130 Å². The van der Waals surface area contributed by atoms with Crippen molar-refractivity contribution in [2.24, 2.45) is 0 Å². The number of aliphatic hydroxyl groups excluding tert-OH is 1. The van der Waals surface area contributed by atoms with E-state index in [0.717, 1.165) is 0 Å². The van der Waals surface area contributed by atoms with E-state index in [2.05, 4.69) is 21.3 Å². The third kappa shape index (κ3) is 6.82. The number of nitrogens with one attached hydrogen (secondary N) is 2. The Morgan fingerprint density at radius 2 is 2.00 bits per heavy atom. The van der Waals surface area contributed by atoms with Crippen LogP contribution < -0.4 is 9.44 Å². The highest BCUT2D eigenvalue weighted by molar-refractivity contribution is 7.90. The van der Waals surface area contributed by atoms with Crippen molar-refractivity contribution in [1.82, 2.24) is 4.72 Å². The normalized spacial score (nSPS) is 11.7. The van der Waals surface area contributed by atoms with E-state index < -0.39 is 15.7 Å². The van der Waals surface area contributed by atoms with Crippen LogP contribution in [-0.4, -0.2) is 25.7 Å². The minimum Gasteiger partial charge on any atom is -0.395 e. The van der Waals surface area contributed by atoms with Gasteiger partial charge in [-0.2, -0.15) is 13.1 Å². The molecule has 1 aromatic rings. The van der Waals surface area contributed by atoms with Crippen LogP contribution in [0.5, 0.6) is 0 Å². The molecule has 116 valence electrons. The predicted octanol–water partition coefficient (Wildman–Crippen LogP) is 2.12. The van der Waals surface area contributed by atoms with Crippen LogP contribution in [0.15, 0.2) is 18.2 Å². The summed E-state index contributed by atoms with van der Waals surface area (Å²) in [5, 5.41) is 8.96. The fraction of sp³-hybridized carbons (Fsp3) is 0.429. The maximum absolute atomic E-state index is 12.0. The first-order valence-corrected chi connectivity index (χ1v) is 8.20. The number of benzene rings is 1. The lowest BCUT2D eigenvalue weighted by Crippen LogP contribution is -2.43. The lowest BCUT2D eigenvalue weighted by atomic mass is 10.1. The molecule has 1 aromatic carbocycles. The Bertz CT molecular complexity index is 655. The summed E-state index contributed by atoms with van der Waals surface area (Å²) in [6.45, 7) is 5.20. The van der Waals surface area contributed by atoms with Crippen LogP contribution in [0.4, 0.5) is 5.69 Å². The van der Waals surface area contributed by atoms with Crippen LogP contribution in [0.25, 0.3) is 0 Å². The first-order chi connectivity index (χ1) is 9.63. The van der Waals surface area contributed by atoms with Gasteiger partial charge in [-0.1, -0.05) is 23.4 Å². The van der Waals surface area contributed by atoms with Crippen molar-refractivity contribution < 1.29 is 13.5 Å². The smallest absolute Gasteiger partial charge is 0.299 e. The van der Waals surface area contributed by atoms with Crippen molar-refractivity contribution in [1.29, 1.82) is 0 Å². The fourth-order valence-electron chi connectivity index (χ4n) is 1.48. The molecule has 0 spiro atoms. The standard InChI is InChI=1S/C14H19ClN2O3S/c1-14(2,3)17-21(19,20)16-13-10-11(6-4-5-9-18)7-8-12(13)15/h7-8,10,16-18H,5,9H2,1-3H3. The first kappa shape index (κ1) is 17.8. The molecule has 0 amide bonds. The molecule has 1 rings (SSSR count). The topological polar surface area (TPSA) is 78.4 Å². The molecular formula is C14H19ClN2O3S. The van der Waals surface area contributed by atoms with E-state index in [-0.39, 0.29) is 17.3 Å². The molecule has 0 fully saturated rings. The Balaban J connectivity index is 2.98. The minimum atomic E-state index is -3.73. The van der Waals surface area contributed by atoms with Gasteiger partial charge in [0.05, 0.1) is 17.3 Å². The van der Waals surface area contributed by atoms with Crippen LogP contribution in [0.1, 0.15) is 32.8 Å². The van der Waals surface area contributed by atoms with Crippen LogP contribution in [-0.2, 0) is 10.2 Å². The summed E-state index contributed by atoms with van der Waals surface area (Å²) in [6, 6.07) is 4.80. The fourth-order valence-corrected chi connectivity index (χ4v) is 3.01. The molecular weight excluding hydrogens is 312 g/mol. The molecule has 0 bridgehead atoms. The second-order valence-corrected chi connectivity index (χ2v) is 7.25. The van der Waals surface area contributed by atoms with Crippen LogP contribution >= 0.6 is 11.6 Å². The molecule has 0 aromatic heterocycles. The minimum absolute atomic E-state index is 0.0183. The van der Waals surface area contributed by atoms with Gasteiger partial charge >= 0.3 is 0 Å². The highest BCUT2D eigenvalue weighted by Gasteiger charge is 2.20. The van der Waals surface area contributed by atoms with Crippen LogP contribution in [0.2, 0.25) is 5.02 Å². The molecule has 3 N–H and O–H groups in total. The molecule has 0 saturated heterocycles. The summed E-state index contributed by atoms with van der Waals surface area (Å²) < 4.78 is 28.8. The molecule has 0 aliphatic heterocycles. The van der Waals surface area contributed by atoms with Gasteiger partial charge in [0.2, 0.25) is 0 Å². The van der Waals surface area contributed by atoms with Gasteiger partial charge in [0.1, 0.15) is 0 Å². The third-order valence-electron chi connectivity index (χ3n) is 2.12. The Morgan fingerprint density at radius 1 is 1.33 bits per heavy atom. The molecule has 21 heavy (non-hydrogen) atoms. The lowest BCUT2D eigenvalue weighted by Gasteiger charge is -2.21. The maximum atomic E-state index is 12.0. The van der Waals surface area contributed by atoms with E-state index in [1.807, 2.05) is 0 Å². The lowest BCUT2D eigenvalue weighted by molar-refractivity contribution is 0.305. The second kappa shape index (κ2) is 7.14. The zero-order valence-electron chi connectivity index (χ0n) is 12.2. The van der Waals surface area contributed by atoms with Crippen molar-refractivity contribution in [3.05, 3.63) is 28.8 Å². The Hall–Kier alpha value is -1.26. The van der Waals surface area contributed by atoms with Gasteiger partial charge in [-0.3, -0.25) is 4.72 Å². The molecule has 0 aliphatic rings. The number of halogens is 1. The van der Waals surface area contributed by atoms with Gasteiger partial charge in [0.25, 0.3) is 10.2 Å². The van der Waals surface area contributed by atoms with E-state index in [1.165, 1.54) is 0 Å². The van der Waals surface area contributed by atoms with Gasteiger partial charge in [-0.15, -0.1) is 0 Å². The number of aliphatic hydroxyl groups is 1. The largest absolute Gasteiger partial charge is 0.395 e. The summed E-state index contributed by atoms with van der Waals surface area (Å²) in [6.07, 6.45) is 0.356. The zero-order chi connectivity index (χ0) is 16.1. The van der Waals surface area contributed by atoms with Crippen molar-refractivity contribution in [2.45, 2.75) is 32.7 Å². The molecule has 0 unspecified atom stereocenters. The number of rotatable bonds is 4. The van der Waals surface area contributed by atoms with Crippen LogP contribution in [0, 0.1) is 11.8 Å². The van der Waals surface area contributed by atoms with E-state index in [0.29, 0.717) is 12.0 Å². The van der Waals surface area contributed by atoms with E-state index in [4.69, 9.17) is 16.7 Å². The summed E-state index contributed by atoms with van der Waals surface area (Å²) in [4.78, 5) is 0. The maximum Gasteiger partial charge on any atom is 0.299 e. The van der Waals surface area contributed by atoms with Crippen molar-refractivity contribution in [2.75, 3.05) is 11.3 Å². The van der Waals surface area contributed by atoms with Crippen molar-refractivity contribution in [3.8, 4) is 11.8 Å². The second-order valence-electron chi connectivity index (χ2n) is 5.43. The predicted molar refractivity (Wildman–Crippen MR) is 85.5 cm³/mol. The molecule has 0 heterocycles. The monoisotopic (exact) mass is 330 g/mol. The van der Waals surface area contributed by atoms with Crippen molar-refractivity contribution in [3.63, 3.8) is 0 Å². The number of anilines is 1. The first-order valence-electron chi connectivity index (χ1n) is 6.34. The summed E-state index contributed by atoms with van der Waals surface area (Å²) >= 11 is 5.99. The Morgan fingerprint density at radius 3 is 2.57 bits per heavy atom. The molecule has 5 nitrogen and oxygen atoms in total. The summed E-state index contributed by atoms with van der Waals surface area (Å²) in [7, 11) is -3.73. The Kier molecular flexibility index (Phi) is 6.05. The summed E-state index contributed by atoms with van der Waals surface area (Å²) in [5.41, 5.74) is 0.266.